The molecule has 0 aliphatic carbocycles. The zero-order chi connectivity index (χ0) is 13.1. The van der Waals surface area contributed by atoms with Gasteiger partial charge >= 0.3 is 0 Å². The molecule has 0 unspecified atom stereocenters. The van der Waals surface area contributed by atoms with Gasteiger partial charge in [0.05, 0.1) is 0 Å². The Kier molecular flexibility index (Phi) is 5.02. The van der Waals surface area contributed by atoms with Gasteiger partial charge in [0.15, 0.2) is 0 Å². The predicted octanol–water partition coefficient (Wildman–Crippen LogP) is 3.94. The van der Waals surface area contributed by atoms with Gasteiger partial charge in [-0.25, -0.2) is 0 Å². The summed E-state index contributed by atoms with van der Waals surface area (Å²) < 4.78 is 0. The first-order valence-corrected chi connectivity index (χ1v) is 7.00. The first kappa shape index (κ1) is 14.5. The highest BCUT2D eigenvalue weighted by molar-refractivity contribution is 9.09. The molecule has 0 saturated heterocycles. The summed E-state index contributed by atoms with van der Waals surface area (Å²) in [7, 11) is 0. The molecule has 1 aromatic carbocycles. The number of rotatable bonds is 4. The van der Waals surface area contributed by atoms with Gasteiger partial charge in [0.1, 0.15) is 0 Å². The van der Waals surface area contributed by atoms with Gasteiger partial charge in [0.25, 0.3) is 5.91 Å². The Labute approximate surface area is 116 Å². The van der Waals surface area contributed by atoms with E-state index in [9.17, 15) is 4.79 Å². The maximum Gasteiger partial charge on any atom is 0.251 e. The number of hydrogen-bond acceptors (Lipinski definition) is 1. The summed E-state index contributed by atoms with van der Waals surface area (Å²) in [5, 5.41) is 4.55. The number of nitrogens with one attached hydrogen (secondary N) is 1. The first-order chi connectivity index (χ1) is 7.85. The van der Waals surface area contributed by atoms with Crippen LogP contribution in [0.1, 0.15) is 36.2 Å². The number of alkyl halides is 1. The molecule has 0 bridgehead atoms. The van der Waals surface area contributed by atoms with Gasteiger partial charge in [-0.1, -0.05) is 27.5 Å². The van der Waals surface area contributed by atoms with Crippen molar-refractivity contribution < 1.29 is 4.79 Å². The number of amides is 1. The third-order valence-electron chi connectivity index (χ3n) is 2.59. The van der Waals surface area contributed by atoms with Crippen molar-refractivity contribution >= 4 is 33.4 Å². The SMILES string of the molecule is Cc1cc(C(=O)NC(C)(C)CCBr)ccc1Cl. The highest BCUT2D eigenvalue weighted by atomic mass is 79.9. The highest BCUT2D eigenvalue weighted by Crippen LogP contribution is 2.17. The van der Waals surface area contributed by atoms with Gasteiger partial charge in [-0.15, -0.1) is 0 Å². The lowest BCUT2D eigenvalue weighted by Gasteiger charge is -2.25. The van der Waals surface area contributed by atoms with Crippen molar-refractivity contribution in [1.29, 1.82) is 0 Å². The summed E-state index contributed by atoms with van der Waals surface area (Å²) in [6.45, 7) is 5.91. The molecule has 0 aromatic heterocycles. The van der Waals surface area contributed by atoms with Crippen LogP contribution in [-0.4, -0.2) is 16.8 Å². The van der Waals surface area contributed by atoms with Crippen LogP contribution in [0.25, 0.3) is 0 Å². The monoisotopic (exact) mass is 317 g/mol. The Hall–Kier alpha value is -0.540. The third-order valence-corrected chi connectivity index (χ3v) is 3.41. The minimum atomic E-state index is -0.214. The molecule has 0 aliphatic heterocycles. The average Bonchev–Trinajstić information content (AvgIpc) is 2.21. The second-order valence-corrected chi connectivity index (χ2v) is 5.94. The molecular weight excluding hydrogens is 302 g/mol. The van der Waals surface area contributed by atoms with Gasteiger partial charge in [-0.2, -0.15) is 0 Å². The van der Waals surface area contributed by atoms with Crippen molar-refractivity contribution in [3.63, 3.8) is 0 Å². The molecule has 1 N–H and O–H groups in total. The van der Waals surface area contributed by atoms with E-state index in [-0.39, 0.29) is 11.4 Å². The highest BCUT2D eigenvalue weighted by Gasteiger charge is 2.20. The predicted molar refractivity (Wildman–Crippen MR) is 76.1 cm³/mol. The zero-order valence-corrected chi connectivity index (χ0v) is 12.7. The topological polar surface area (TPSA) is 29.1 Å². The Bertz CT molecular complexity index is 418. The average molecular weight is 319 g/mol. The van der Waals surface area contributed by atoms with Crippen LogP contribution in [0.5, 0.6) is 0 Å². The zero-order valence-electron chi connectivity index (χ0n) is 10.3. The number of aryl methyl sites for hydroxylation is 1. The van der Waals surface area contributed by atoms with Gasteiger partial charge in [0, 0.05) is 21.5 Å². The second kappa shape index (κ2) is 5.87. The second-order valence-electron chi connectivity index (χ2n) is 4.74. The fourth-order valence-electron chi connectivity index (χ4n) is 1.46. The maximum atomic E-state index is 12.0. The fourth-order valence-corrected chi connectivity index (χ4v) is 2.57. The molecule has 0 spiro atoms. The van der Waals surface area contributed by atoms with Crippen LogP contribution in [0, 0.1) is 6.92 Å². The van der Waals surface area contributed by atoms with Crippen LogP contribution in [0.15, 0.2) is 18.2 Å². The summed E-state index contributed by atoms with van der Waals surface area (Å²) in [6.07, 6.45) is 0.880. The van der Waals surface area contributed by atoms with Crippen molar-refractivity contribution in [2.24, 2.45) is 0 Å². The van der Waals surface area contributed by atoms with E-state index in [1.54, 1.807) is 12.1 Å². The summed E-state index contributed by atoms with van der Waals surface area (Å²) in [4.78, 5) is 12.0. The number of benzene rings is 1. The molecule has 0 heterocycles. The molecule has 17 heavy (non-hydrogen) atoms. The van der Waals surface area contributed by atoms with Crippen molar-refractivity contribution in [2.45, 2.75) is 32.7 Å². The molecule has 0 aliphatic rings. The number of hydrogen-bond donors (Lipinski definition) is 1. The molecule has 4 heteroatoms. The lowest BCUT2D eigenvalue weighted by molar-refractivity contribution is 0.0912. The maximum absolute atomic E-state index is 12.0. The quantitative estimate of drug-likeness (QED) is 0.837. The summed E-state index contributed by atoms with van der Waals surface area (Å²) >= 11 is 9.31. The molecule has 1 aromatic rings. The van der Waals surface area contributed by atoms with E-state index in [2.05, 4.69) is 21.2 Å². The number of carbonyl (C=O) groups is 1. The lowest BCUT2D eigenvalue weighted by atomic mass is 10.0. The summed E-state index contributed by atoms with van der Waals surface area (Å²) in [6, 6.07) is 5.31. The Morgan fingerprint density at radius 3 is 2.65 bits per heavy atom. The van der Waals surface area contributed by atoms with Gasteiger partial charge in [-0.05, 0) is 51.0 Å². The number of carbonyl (C=O) groups excluding carboxylic acids is 1. The van der Waals surface area contributed by atoms with Crippen LogP contribution < -0.4 is 5.32 Å². The van der Waals surface area contributed by atoms with E-state index in [0.717, 1.165) is 17.3 Å². The van der Waals surface area contributed by atoms with Gasteiger partial charge in [0.2, 0.25) is 0 Å². The summed E-state index contributed by atoms with van der Waals surface area (Å²) in [5.41, 5.74) is 1.35. The van der Waals surface area contributed by atoms with Crippen molar-refractivity contribution in [2.75, 3.05) is 5.33 Å². The molecule has 1 amide bonds. The third kappa shape index (κ3) is 4.32. The largest absolute Gasteiger partial charge is 0.347 e. The molecule has 2 nitrogen and oxygen atoms in total. The van der Waals surface area contributed by atoms with Crippen LogP contribution in [0.3, 0.4) is 0 Å². The van der Waals surface area contributed by atoms with Crippen molar-refractivity contribution in [3.8, 4) is 0 Å². The van der Waals surface area contributed by atoms with E-state index in [1.807, 2.05) is 26.8 Å². The molecule has 0 saturated carbocycles. The minimum Gasteiger partial charge on any atom is -0.347 e. The minimum absolute atomic E-state index is 0.0595. The van der Waals surface area contributed by atoms with Crippen LogP contribution >= 0.6 is 27.5 Å². The normalized spacial score (nSPS) is 11.4. The first-order valence-electron chi connectivity index (χ1n) is 5.50. The van der Waals surface area contributed by atoms with Crippen LogP contribution in [0.4, 0.5) is 0 Å². The molecule has 94 valence electrons. The van der Waals surface area contributed by atoms with E-state index < -0.39 is 0 Å². The Morgan fingerprint density at radius 1 is 1.47 bits per heavy atom. The lowest BCUT2D eigenvalue weighted by Crippen LogP contribution is -2.43. The molecule has 0 radical (unpaired) electrons. The smallest absolute Gasteiger partial charge is 0.251 e. The summed E-state index contributed by atoms with van der Waals surface area (Å²) in [5.74, 6) is -0.0595. The molecule has 0 atom stereocenters. The molecule has 0 fully saturated rings. The standard InChI is InChI=1S/C13H17BrClNO/c1-9-8-10(4-5-11(9)15)12(17)16-13(2,3)6-7-14/h4-5,8H,6-7H2,1-3H3,(H,16,17). The molecular formula is C13H17BrClNO. The van der Waals surface area contributed by atoms with Crippen molar-refractivity contribution in [3.05, 3.63) is 34.3 Å². The van der Waals surface area contributed by atoms with Crippen molar-refractivity contribution in [1.82, 2.24) is 5.32 Å². The van der Waals surface area contributed by atoms with Crippen LogP contribution in [-0.2, 0) is 0 Å². The fraction of sp³-hybridized carbons (Fsp3) is 0.462. The Morgan fingerprint density at radius 2 is 2.12 bits per heavy atom. The van der Waals surface area contributed by atoms with E-state index in [4.69, 9.17) is 11.6 Å². The van der Waals surface area contributed by atoms with Gasteiger partial charge in [-0.3, -0.25) is 4.79 Å². The number of halogens is 2. The van der Waals surface area contributed by atoms with Gasteiger partial charge < -0.3 is 5.32 Å². The van der Waals surface area contributed by atoms with E-state index in [1.165, 1.54) is 0 Å². The Balaban J connectivity index is 2.80. The van der Waals surface area contributed by atoms with E-state index >= 15 is 0 Å². The van der Waals surface area contributed by atoms with Crippen LogP contribution in [0.2, 0.25) is 5.02 Å². The molecule has 1 rings (SSSR count). The van der Waals surface area contributed by atoms with E-state index in [0.29, 0.717) is 10.6 Å².